The second-order valence-electron chi connectivity index (χ2n) is 5.25. The average molecular weight is 245 g/mol. The Morgan fingerprint density at radius 1 is 0.947 bits per heavy atom. The monoisotopic (exact) mass is 245 g/mol. The molecule has 0 unspecified atom stereocenters. The zero-order valence-electron chi connectivity index (χ0n) is 10.9. The molecule has 1 aliphatic carbocycles. The molecule has 0 radical (unpaired) electrons. The van der Waals surface area contributed by atoms with Crippen molar-refractivity contribution in [3.05, 3.63) is 58.6 Å². The molecule has 1 nitrogen and oxygen atoms in total. The topological polar surface area (TPSA) is 15.8 Å². The second-order valence-corrected chi connectivity index (χ2v) is 5.25. The van der Waals surface area contributed by atoms with Gasteiger partial charge in [0, 0.05) is 21.3 Å². The van der Waals surface area contributed by atoms with Gasteiger partial charge in [-0.25, -0.2) is 0 Å². The molecular formula is C18H15N. The van der Waals surface area contributed by atoms with E-state index in [9.17, 15) is 0 Å². The van der Waals surface area contributed by atoms with Crippen LogP contribution in [0.3, 0.4) is 0 Å². The minimum Gasteiger partial charge on any atom is -0.354 e. The Morgan fingerprint density at radius 3 is 2.79 bits per heavy atom. The fourth-order valence-corrected chi connectivity index (χ4v) is 2.89. The van der Waals surface area contributed by atoms with Crippen LogP contribution in [-0.2, 0) is 0 Å². The van der Waals surface area contributed by atoms with Crippen LogP contribution in [0, 0.1) is 0 Å². The number of fused-ring (bicyclic) bond motifs is 5. The molecule has 0 bridgehead atoms. The minimum absolute atomic E-state index is 1.03. The molecule has 1 N–H and O–H groups in total. The molecule has 0 saturated carbocycles. The maximum Gasteiger partial charge on any atom is 0.0544 e. The highest BCUT2D eigenvalue weighted by Gasteiger charge is 2.05. The van der Waals surface area contributed by atoms with Crippen molar-refractivity contribution in [1.82, 2.24) is 4.98 Å². The number of hydrogen-bond donors (Lipinski definition) is 1. The quantitative estimate of drug-likeness (QED) is 0.626. The Kier molecular flexibility index (Phi) is 2.16. The maximum absolute atomic E-state index is 3.59. The minimum atomic E-state index is 1.03. The Morgan fingerprint density at radius 2 is 1.84 bits per heavy atom. The summed E-state index contributed by atoms with van der Waals surface area (Å²) in [7, 11) is 0. The summed E-state index contributed by atoms with van der Waals surface area (Å²) in [5.41, 5.74) is 2.65. The first-order chi connectivity index (χ1) is 9.33. The van der Waals surface area contributed by atoms with E-state index in [2.05, 4.69) is 66.5 Å². The molecule has 0 aliphatic heterocycles. The van der Waals surface area contributed by atoms with Gasteiger partial charge in [0.2, 0.25) is 0 Å². The van der Waals surface area contributed by atoms with Crippen molar-refractivity contribution in [2.24, 2.45) is 0 Å². The largest absolute Gasteiger partial charge is 0.354 e. The molecule has 0 fully saturated rings. The van der Waals surface area contributed by atoms with E-state index in [1.165, 1.54) is 37.8 Å². The van der Waals surface area contributed by atoms with Gasteiger partial charge in [0.25, 0.3) is 0 Å². The van der Waals surface area contributed by atoms with Crippen LogP contribution in [0.4, 0.5) is 0 Å². The van der Waals surface area contributed by atoms with E-state index in [-0.39, 0.29) is 0 Å². The summed E-state index contributed by atoms with van der Waals surface area (Å²) in [6.07, 6.45) is 7.77. The molecule has 1 aliphatic rings. The lowest BCUT2D eigenvalue weighted by Crippen LogP contribution is -2.21. The summed E-state index contributed by atoms with van der Waals surface area (Å²) in [6, 6.07) is 13.0. The molecule has 1 aromatic heterocycles. The van der Waals surface area contributed by atoms with E-state index < -0.39 is 0 Å². The second kappa shape index (κ2) is 3.86. The summed E-state index contributed by atoms with van der Waals surface area (Å²) >= 11 is 0. The van der Waals surface area contributed by atoms with Crippen LogP contribution in [0.25, 0.3) is 33.8 Å². The van der Waals surface area contributed by atoms with Gasteiger partial charge in [0.1, 0.15) is 0 Å². The molecule has 3 aromatic rings. The van der Waals surface area contributed by atoms with Gasteiger partial charge in [-0.2, -0.15) is 0 Å². The fraction of sp³-hybridized carbons (Fsp3) is 0.111. The molecule has 0 atom stereocenters. The molecule has 0 spiro atoms. The van der Waals surface area contributed by atoms with E-state index in [0.717, 1.165) is 6.42 Å². The number of aromatic nitrogens is 1. The van der Waals surface area contributed by atoms with Crippen LogP contribution in [0.2, 0.25) is 0 Å². The van der Waals surface area contributed by atoms with Crippen LogP contribution in [-0.4, -0.2) is 4.98 Å². The number of allylic oxidation sites excluding steroid dienone is 2. The Hall–Kier alpha value is -2.28. The Bertz CT molecular complexity index is 939. The summed E-state index contributed by atoms with van der Waals surface area (Å²) in [6.45, 7) is 2.18. The van der Waals surface area contributed by atoms with Gasteiger partial charge in [0.05, 0.1) is 5.52 Å². The van der Waals surface area contributed by atoms with Gasteiger partial charge in [-0.15, -0.1) is 0 Å². The third-order valence-corrected chi connectivity index (χ3v) is 3.93. The first kappa shape index (κ1) is 10.6. The highest BCUT2D eigenvalue weighted by molar-refractivity contribution is 6.05. The molecule has 1 heteroatoms. The Balaban J connectivity index is 2.23. The van der Waals surface area contributed by atoms with Crippen molar-refractivity contribution in [2.45, 2.75) is 13.3 Å². The third kappa shape index (κ3) is 1.55. The molecule has 92 valence electrons. The molecule has 4 rings (SSSR count). The molecule has 2 aromatic carbocycles. The number of hydrogen-bond acceptors (Lipinski definition) is 0. The maximum atomic E-state index is 3.59. The highest BCUT2D eigenvalue weighted by atomic mass is 14.7. The van der Waals surface area contributed by atoms with Crippen LogP contribution in [0.1, 0.15) is 13.3 Å². The van der Waals surface area contributed by atoms with Gasteiger partial charge < -0.3 is 4.98 Å². The van der Waals surface area contributed by atoms with Crippen LogP contribution >= 0.6 is 0 Å². The zero-order valence-corrected chi connectivity index (χ0v) is 10.9. The first-order valence-electron chi connectivity index (χ1n) is 6.70. The van der Waals surface area contributed by atoms with Gasteiger partial charge in [0.15, 0.2) is 0 Å². The van der Waals surface area contributed by atoms with Gasteiger partial charge in [-0.1, -0.05) is 54.1 Å². The summed E-state index contributed by atoms with van der Waals surface area (Å²) in [4.78, 5) is 3.59. The molecule has 1 heterocycles. The number of aromatic amines is 1. The van der Waals surface area contributed by atoms with Crippen LogP contribution in [0.5, 0.6) is 0 Å². The first-order valence-corrected chi connectivity index (χ1v) is 6.70. The van der Waals surface area contributed by atoms with E-state index in [1.807, 2.05) is 0 Å². The normalized spacial score (nSPS) is 14.5. The van der Waals surface area contributed by atoms with Gasteiger partial charge in [-0.3, -0.25) is 0 Å². The molecule has 19 heavy (non-hydrogen) atoms. The van der Waals surface area contributed by atoms with E-state index in [0.29, 0.717) is 0 Å². The van der Waals surface area contributed by atoms with Crippen molar-refractivity contribution < 1.29 is 0 Å². The summed E-state index contributed by atoms with van der Waals surface area (Å²) in [5, 5.41) is 6.49. The number of rotatable bonds is 0. The van der Waals surface area contributed by atoms with Crippen LogP contribution < -0.4 is 10.6 Å². The summed E-state index contributed by atoms with van der Waals surface area (Å²) in [5.74, 6) is 0. The van der Waals surface area contributed by atoms with Crippen molar-refractivity contribution in [1.29, 1.82) is 0 Å². The van der Waals surface area contributed by atoms with E-state index in [1.54, 1.807) is 0 Å². The lowest BCUT2D eigenvalue weighted by Gasteiger charge is -1.98. The fourth-order valence-electron chi connectivity index (χ4n) is 2.89. The molecular weight excluding hydrogens is 230 g/mol. The third-order valence-electron chi connectivity index (χ3n) is 3.93. The van der Waals surface area contributed by atoms with Gasteiger partial charge in [-0.05, 0) is 24.8 Å². The SMILES string of the molecule is CC1=CC=c2[nH]c3c(ccc4ccccc43)c2=CC1. The average Bonchev–Trinajstić information content (AvgIpc) is 2.71. The molecule has 0 amide bonds. The summed E-state index contributed by atoms with van der Waals surface area (Å²) < 4.78 is 0. The van der Waals surface area contributed by atoms with Crippen molar-refractivity contribution in [2.75, 3.05) is 0 Å². The van der Waals surface area contributed by atoms with Gasteiger partial charge >= 0.3 is 0 Å². The van der Waals surface area contributed by atoms with Crippen molar-refractivity contribution in [3.8, 4) is 0 Å². The predicted molar refractivity (Wildman–Crippen MR) is 82.4 cm³/mol. The Labute approximate surface area is 111 Å². The number of benzene rings is 2. The smallest absolute Gasteiger partial charge is 0.0544 e. The highest BCUT2D eigenvalue weighted by Crippen LogP contribution is 2.21. The number of nitrogens with one attached hydrogen (secondary N) is 1. The molecule has 0 saturated heterocycles. The van der Waals surface area contributed by atoms with E-state index >= 15 is 0 Å². The predicted octanol–water partition coefficient (Wildman–Crippen LogP) is 3.23. The van der Waals surface area contributed by atoms with Crippen LogP contribution in [0.15, 0.2) is 48.0 Å². The van der Waals surface area contributed by atoms with Crippen molar-refractivity contribution >= 4 is 33.8 Å². The number of H-pyrrole nitrogens is 1. The standard InChI is InChI=1S/C18H15N/c1-12-6-9-15-16-10-8-13-4-2-3-5-14(13)18(16)19-17(15)11-7-12/h2-5,7-11,19H,6H2,1H3. The zero-order chi connectivity index (χ0) is 12.8. The van der Waals surface area contributed by atoms with E-state index in [4.69, 9.17) is 0 Å². The lowest BCUT2D eigenvalue weighted by molar-refractivity contribution is 1.27. The van der Waals surface area contributed by atoms with Crippen molar-refractivity contribution in [3.63, 3.8) is 0 Å². The lowest BCUT2D eigenvalue weighted by atomic mass is 10.1.